The van der Waals surface area contributed by atoms with Crippen molar-refractivity contribution in [2.75, 3.05) is 6.61 Å². The van der Waals surface area contributed by atoms with E-state index in [1.165, 1.54) is 18.2 Å². The monoisotopic (exact) mass is 395 g/mol. The summed E-state index contributed by atoms with van der Waals surface area (Å²) in [5, 5.41) is 21.0. The third-order valence-corrected chi connectivity index (χ3v) is 5.04. The molecule has 1 N–H and O–H groups in total. The van der Waals surface area contributed by atoms with Crippen molar-refractivity contribution in [3.05, 3.63) is 80.9 Å². The molecule has 3 aromatic carbocycles. The lowest BCUT2D eigenvalue weighted by Gasteiger charge is -2.14. The van der Waals surface area contributed by atoms with Gasteiger partial charge in [-0.25, -0.2) is 4.79 Å². The van der Waals surface area contributed by atoms with Gasteiger partial charge in [-0.05, 0) is 52.6 Å². The van der Waals surface area contributed by atoms with Crippen LogP contribution in [0.2, 0.25) is 5.02 Å². The van der Waals surface area contributed by atoms with Crippen LogP contribution in [0.4, 0.5) is 5.69 Å². The summed E-state index contributed by atoms with van der Waals surface area (Å²) in [6.07, 6.45) is 0.809. The maximum atomic E-state index is 11.5. The fourth-order valence-electron chi connectivity index (χ4n) is 3.43. The number of rotatable bonds is 4. The van der Waals surface area contributed by atoms with E-state index in [4.69, 9.17) is 16.3 Å². The molecule has 7 heteroatoms. The topological polar surface area (TPSA) is 89.7 Å². The van der Waals surface area contributed by atoms with E-state index in [0.717, 1.165) is 28.9 Å². The molecule has 0 fully saturated rings. The van der Waals surface area contributed by atoms with Gasteiger partial charge in [-0.2, -0.15) is 0 Å². The van der Waals surface area contributed by atoms with Gasteiger partial charge in [0.25, 0.3) is 5.69 Å². The van der Waals surface area contributed by atoms with Crippen LogP contribution in [-0.2, 0) is 6.42 Å². The minimum Gasteiger partial charge on any atom is -0.493 e. The molecule has 1 heterocycles. The molecule has 0 bridgehead atoms. The molecule has 0 saturated carbocycles. The van der Waals surface area contributed by atoms with Crippen LogP contribution < -0.4 is 4.74 Å². The number of hydrogen-bond acceptors (Lipinski definition) is 4. The molecule has 1 aliphatic heterocycles. The number of hydrogen-bond donors (Lipinski definition) is 1. The summed E-state index contributed by atoms with van der Waals surface area (Å²) in [4.78, 5) is 21.9. The molecule has 0 amide bonds. The van der Waals surface area contributed by atoms with Gasteiger partial charge in [-0.1, -0.05) is 29.8 Å². The second kappa shape index (κ2) is 6.98. The predicted molar refractivity (Wildman–Crippen MR) is 105 cm³/mol. The number of nitrogens with zero attached hydrogens (tertiary/aromatic N) is 1. The highest BCUT2D eigenvalue weighted by atomic mass is 35.5. The van der Waals surface area contributed by atoms with E-state index >= 15 is 0 Å². The minimum atomic E-state index is -1.35. The average molecular weight is 396 g/mol. The van der Waals surface area contributed by atoms with Gasteiger partial charge in [0.2, 0.25) is 0 Å². The summed E-state index contributed by atoms with van der Waals surface area (Å²) >= 11 is 6.49. The molecular formula is C21H14ClNO5. The number of carbonyl (C=O) groups is 1. The van der Waals surface area contributed by atoms with Crippen LogP contribution >= 0.6 is 11.6 Å². The number of benzene rings is 3. The SMILES string of the molecule is O=C(O)c1cc(-c2cccc(Cl)c2-c2ccc3c(c2)CCO3)ccc1[N+](=O)[O-]. The molecule has 6 nitrogen and oxygen atoms in total. The minimum absolute atomic E-state index is 0.365. The van der Waals surface area contributed by atoms with Crippen molar-refractivity contribution < 1.29 is 19.6 Å². The molecule has 3 aromatic rings. The van der Waals surface area contributed by atoms with Crippen molar-refractivity contribution in [2.24, 2.45) is 0 Å². The number of halogens is 1. The molecule has 0 radical (unpaired) electrons. The average Bonchev–Trinajstić information content (AvgIpc) is 3.15. The van der Waals surface area contributed by atoms with Crippen LogP contribution in [0.15, 0.2) is 54.6 Å². The largest absolute Gasteiger partial charge is 0.493 e. The van der Waals surface area contributed by atoms with Gasteiger partial charge in [-0.15, -0.1) is 0 Å². The van der Waals surface area contributed by atoms with E-state index in [1.807, 2.05) is 24.3 Å². The van der Waals surface area contributed by atoms with Gasteiger partial charge in [0.1, 0.15) is 11.3 Å². The smallest absolute Gasteiger partial charge is 0.342 e. The van der Waals surface area contributed by atoms with Crippen molar-refractivity contribution >= 4 is 23.3 Å². The quantitative estimate of drug-likeness (QED) is 0.483. The summed E-state index contributed by atoms with van der Waals surface area (Å²) in [5.74, 6) is -0.507. The highest BCUT2D eigenvalue weighted by Gasteiger charge is 2.22. The van der Waals surface area contributed by atoms with Crippen LogP contribution in [0.1, 0.15) is 15.9 Å². The Kier molecular flexibility index (Phi) is 4.49. The lowest BCUT2D eigenvalue weighted by molar-refractivity contribution is -0.385. The molecule has 0 unspecified atom stereocenters. The Balaban J connectivity index is 1.91. The predicted octanol–water partition coefficient (Wildman–Crippen LogP) is 5.22. The number of carboxylic acids is 1. The zero-order valence-electron chi connectivity index (χ0n) is 14.5. The third kappa shape index (κ3) is 3.08. The number of ether oxygens (including phenoxy) is 1. The highest BCUT2D eigenvalue weighted by Crippen LogP contribution is 2.40. The Bertz CT molecular complexity index is 1130. The van der Waals surface area contributed by atoms with Crippen molar-refractivity contribution in [3.8, 4) is 28.0 Å². The maximum absolute atomic E-state index is 11.5. The lowest BCUT2D eigenvalue weighted by atomic mass is 9.92. The van der Waals surface area contributed by atoms with Crippen molar-refractivity contribution in [3.63, 3.8) is 0 Å². The summed E-state index contributed by atoms with van der Waals surface area (Å²) in [7, 11) is 0. The number of carboxylic acid groups (broad SMARTS) is 1. The summed E-state index contributed by atoms with van der Waals surface area (Å²) < 4.78 is 5.55. The molecule has 1 aliphatic rings. The normalized spacial score (nSPS) is 12.3. The molecule has 0 atom stereocenters. The standard InChI is InChI=1S/C21H14ClNO5/c22-17-3-1-2-15(12-4-6-18(23(26)27)16(11-12)21(24)25)20(17)14-5-7-19-13(10-14)8-9-28-19/h1-7,10-11H,8-9H2,(H,24,25). The fraction of sp³-hybridized carbons (Fsp3) is 0.0952. The van der Waals surface area contributed by atoms with Gasteiger partial charge in [0.15, 0.2) is 0 Å². The van der Waals surface area contributed by atoms with Gasteiger partial charge < -0.3 is 9.84 Å². The van der Waals surface area contributed by atoms with Crippen LogP contribution in [0, 0.1) is 10.1 Å². The van der Waals surface area contributed by atoms with Gasteiger partial charge in [-0.3, -0.25) is 10.1 Å². The summed E-state index contributed by atoms with van der Waals surface area (Å²) in [6.45, 7) is 0.637. The van der Waals surface area contributed by atoms with Crippen LogP contribution in [0.5, 0.6) is 5.75 Å². The first kappa shape index (κ1) is 18.0. The molecule has 0 aromatic heterocycles. The van der Waals surface area contributed by atoms with E-state index in [-0.39, 0.29) is 5.56 Å². The molecule has 4 rings (SSSR count). The van der Waals surface area contributed by atoms with Crippen LogP contribution in [0.3, 0.4) is 0 Å². The Hall–Kier alpha value is -3.38. The first-order valence-corrected chi connectivity index (χ1v) is 8.90. The van der Waals surface area contributed by atoms with E-state index < -0.39 is 16.6 Å². The zero-order valence-corrected chi connectivity index (χ0v) is 15.3. The highest BCUT2D eigenvalue weighted by molar-refractivity contribution is 6.34. The Morgan fingerprint density at radius 1 is 1.11 bits per heavy atom. The molecule has 140 valence electrons. The van der Waals surface area contributed by atoms with E-state index in [1.54, 1.807) is 12.1 Å². The Morgan fingerprint density at radius 3 is 2.64 bits per heavy atom. The van der Waals surface area contributed by atoms with Crippen molar-refractivity contribution in [2.45, 2.75) is 6.42 Å². The molecule has 0 aliphatic carbocycles. The number of nitro benzene ring substituents is 1. The fourth-order valence-corrected chi connectivity index (χ4v) is 3.72. The van der Waals surface area contributed by atoms with Crippen LogP contribution in [-0.4, -0.2) is 22.6 Å². The van der Waals surface area contributed by atoms with Gasteiger partial charge in [0.05, 0.1) is 11.5 Å². The second-order valence-corrected chi connectivity index (χ2v) is 6.78. The molecule has 28 heavy (non-hydrogen) atoms. The van der Waals surface area contributed by atoms with E-state index in [0.29, 0.717) is 22.8 Å². The number of fused-ring (bicyclic) bond motifs is 1. The third-order valence-electron chi connectivity index (χ3n) is 4.73. The first-order valence-electron chi connectivity index (χ1n) is 8.52. The molecule has 0 spiro atoms. The van der Waals surface area contributed by atoms with Crippen molar-refractivity contribution in [1.82, 2.24) is 0 Å². The second-order valence-electron chi connectivity index (χ2n) is 6.38. The number of nitro groups is 1. The number of aromatic carboxylic acids is 1. The van der Waals surface area contributed by atoms with E-state index in [9.17, 15) is 20.0 Å². The van der Waals surface area contributed by atoms with Crippen LogP contribution in [0.25, 0.3) is 22.3 Å². The Labute approximate surface area is 165 Å². The van der Waals surface area contributed by atoms with E-state index in [2.05, 4.69) is 0 Å². The molecular weight excluding hydrogens is 382 g/mol. The summed E-state index contributed by atoms with van der Waals surface area (Å²) in [5.41, 5.74) is 3.12. The zero-order chi connectivity index (χ0) is 19.8. The summed E-state index contributed by atoms with van der Waals surface area (Å²) in [6, 6.07) is 15.2. The van der Waals surface area contributed by atoms with Crippen molar-refractivity contribution in [1.29, 1.82) is 0 Å². The van der Waals surface area contributed by atoms with Gasteiger partial charge in [0, 0.05) is 23.1 Å². The van der Waals surface area contributed by atoms with Gasteiger partial charge >= 0.3 is 5.97 Å². The lowest BCUT2D eigenvalue weighted by Crippen LogP contribution is -2.03. The maximum Gasteiger partial charge on any atom is 0.342 e. The first-order chi connectivity index (χ1) is 13.5. The molecule has 0 saturated heterocycles. The Morgan fingerprint density at radius 2 is 1.89 bits per heavy atom.